The van der Waals surface area contributed by atoms with Crippen molar-refractivity contribution in [2.75, 3.05) is 0 Å². The van der Waals surface area contributed by atoms with E-state index in [9.17, 15) is 0 Å². The average Bonchev–Trinajstić information content (AvgIpc) is 2.57. The molecule has 0 radical (unpaired) electrons. The predicted octanol–water partition coefficient (Wildman–Crippen LogP) is 4.77. The van der Waals surface area contributed by atoms with Crippen LogP contribution in [0.5, 0.6) is 0 Å². The van der Waals surface area contributed by atoms with Gasteiger partial charge in [0.05, 0.1) is 10.0 Å². The molecule has 0 saturated heterocycles. The summed E-state index contributed by atoms with van der Waals surface area (Å²) in [6, 6.07) is 5.44. The van der Waals surface area contributed by atoms with Crippen LogP contribution in [0, 0.1) is 0 Å². The molecule has 1 heterocycles. The number of aromatic nitrogens is 1. The highest BCUT2D eigenvalue weighted by Crippen LogP contribution is 2.35. The fourth-order valence-electron chi connectivity index (χ4n) is 1.05. The van der Waals surface area contributed by atoms with Crippen molar-refractivity contribution >= 4 is 46.1 Å². The lowest BCUT2D eigenvalue weighted by atomic mass is 10.2. The first-order chi connectivity index (χ1) is 6.68. The quantitative estimate of drug-likeness (QED) is 0.723. The maximum Gasteiger partial charge on any atom is 0.140 e. The van der Waals surface area contributed by atoms with Crippen molar-refractivity contribution in [2.45, 2.75) is 0 Å². The Morgan fingerprint density at radius 1 is 1.14 bits per heavy atom. The molecule has 0 unspecified atom stereocenters. The second-order valence-corrected chi connectivity index (χ2v) is 4.61. The van der Waals surface area contributed by atoms with E-state index in [1.165, 1.54) is 11.3 Å². The van der Waals surface area contributed by atoms with E-state index < -0.39 is 0 Å². The molecule has 2 aromatic rings. The Balaban J connectivity index is 2.57. The molecule has 0 spiro atoms. The molecule has 1 nitrogen and oxygen atoms in total. The summed E-state index contributed by atoms with van der Waals surface area (Å²) in [5.41, 5.74) is 0.816. The first-order valence-electron chi connectivity index (χ1n) is 3.74. The Labute approximate surface area is 100 Å². The zero-order valence-corrected chi connectivity index (χ0v) is 9.88. The van der Waals surface area contributed by atoms with Gasteiger partial charge >= 0.3 is 0 Å². The molecule has 0 saturated carbocycles. The maximum atomic E-state index is 6.03. The number of rotatable bonds is 1. The molecule has 0 bridgehead atoms. The molecule has 0 amide bonds. The molecule has 1 aromatic heterocycles. The molecule has 0 atom stereocenters. The summed E-state index contributed by atoms with van der Waals surface area (Å²) in [7, 11) is 0. The molecule has 72 valence electrons. The Morgan fingerprint density at radius 3 is 2.57 bits per heavy atom. The SMILES string of the molecule is Clc1csc(-c2cccc(Cl)c2Cl)n1. The van der Waals surface area contributed by atoms with E-state index in [-0.39, 0.29) is 0 Å². The van der Waals surface area contributed by atoms with E-state index in [0.717, 1.165) is 10.6 Å². The summed E-state index contributed by atoms with van der Waals surface area (Å²) in [5.74, 6) is 0. The molecule has 5 heteroatoms. The molecule has 0 aliphatic heterocycles. The zero-order chi connectivity index (χ0) is 10.1. The Hall–Kier alpha value is -0.280. The summed E-state index contributed by atoms with van der Waals surface area (Å²) in [5, 5.41) is 4.05. The van der Waals surface area contributed by atoms with Crippen molar-refractivity contribution < 1.29 is 0 Å². The van der Waals surface area contributed by atoms with E-state index in [1.54, 1.807) is 11.4 Å². The van der Waals surface area contributed by atoms with E-state index in [1.807, 2.05) is 12.1 Å². The van der Waals surface area contributed by atoms with Crippen LogP contribution < -0.4 is 0 Å². The smallest absolute Gasteiger partial charge is 0.140 e. The normalized spacial score (nSPS) is 10.5. The highest BCUT2D eigenvalue weighted by molar-refractivity contribution is 7.13. The number of hydrogen-bond acceptors (Lipinski definition) is 2. The van der Waals surface area contributed by atoms with Gasteiger partial charge in [-0.1, -0.05) is 46.9 Å². The van der Waals surface area contributed by atoms with Crippen LogP contribution in [0.1, 0.15) is 0 Å². The molecule has 1 aromatic carbocycles. The lowest BCUT2D eigenvalue weighted by Gasteiger charge is -2.00. The Morgan fingerprint density at radius 2 is 1.93 bits per heavy atom. The number of hydrogen-bond donors (Lipinski definition) is 0. The van der Waals surface area contributed by atoms with Crippen LogP contribution in [0.3, 0.4) is 0 Å². The standard InChI is InChI=1S/C9H4Cl3NS/c10-6-3-1-2-5(8(6)12)9-13-7(11)4-14-9/h1-4H. The van der Waals surface area contributed by atoms with Gasteiger partial charge in [0.2, 0.25) is 0 Å². The minimum Gasteiger partial charge on any atom is -0.224 e. The van der Waals surface area contributed by atoms with Gasteiger partial charge < -0.3 is 0 Å². The summed E-state index contributed by atoms with van der Waals surface area (Å²) in [6.45, 7) is 0. The summed E-state index contributed by atoms with van der Waals surface area (Å²) < 4.78 is 0. The third-order valence-electron chi connectivity index (χ3n) is 1.66. The van der Waals surface area contributed by atoms with Crippen molar-refractivity contribution in [3.8, 4) is 10.6 Å². The maximum absolute atomic E-state index is 6.03. The first-order valence-corrected chi connectivity index (χ1v) is 5.75. The van der Waals surface area contributed by atoms with Gasteiger partial charge in [0.25, 0.3) is 0 Å². The van der Waals surface area contributed by atoms with Gasteiger partial charge in [0, 0.05) is 10.9 Å². The molecule has 0 N–H and O–H groups in total. The van der Waals surface area contributed by atoms with Gasteiger partial charge in [-0.05, 0) is 6.07 Å². The van der Waals surface area contributed by atoms with Crippen LogP contribution in [-0.2, 0) is 0 Å². The van der Waals surface area contributed by atoms with Crippen LogP contribution in [0.4, 0.5) is 0 Å². The molecule has 14 heavy (non-hydrogen) atoms. The molecule has 2 rings (SSSR count). The minimum absolute atomic E-state index is 0.473. The molecule has 0 aliphatic rings. The molecular weight excluding hydrogens is 261 g/mol. The van der Waals surface area contributed by atoms with Gasteiger partial charge in [-0.2, -0.15) is 0 Å². The van der Waals surface area contributed by atoms with E-state index in [4.69, 9.17) is 34.8 Å². The fraction of sp³-hybridized carbons (Fsp3) is 0. The van der Waals surface area contributed by atoms with Gasteiger partial charge in [0.1, 0.15) is 10.2 Å². The van der Waals surface area contributed by atoms with Crippen LogP contribution in [0.2, 0.25) is 15.2 Å². The molecular formula is C9H4Cl3NS. The zero-order valence-electron chi connectivity index (χ0n) is 6.80. The molecule has 0 fully saturated rings. The summed E-state index contributed by atoms with van der Waals surface area (Å²) in [6.07, 6.45) is 0. The lowest BCUT2D eigenvalue weighted by molar-refractivity contribution is 1.41. The van der Waals surface area contributed by atoms with Crippen LogP contribution in [0.25, 0.3) is 10.6 Å². The average molecular weight is 265 g/mol. The van der Waals surface area contributed by atoms with E-state index in [0.29, 0.717) is 15.2 Å². The van der Waals surface area contributed by atoms with E-state index in [2.05, 4.69) is 4.98 Å². The number of halogens is 3. The largest absolute Gasteiger partial charge is 0.224 e. The van der Waals surface area contributed by atoms with Crippen molar-refractivity contribution in [3.05, 3.63) is 38.8 Å². The third-order valence-corrected chi connectivity index (χ3v) is 3.68. The topological polar surface area (TPSA) is 12.9 Å². The number of nitrogens with zero attached hydrogens (tertiary/aromatic N) is 1. The molecule has 0 aliphatic carbocycles. The van der Waals surface area contributed by atoms with Crippen LogP contribution in [0.15, 0.2) is 23.6 Å². The fourth-order valence-corrected chi connectivity index (χ4v) is 2.47. The number of benzene rings is 1. The lowest BCUT2D eigenvalue weighted by Crippen LogP contribution is -1.78. The van der Waals surface area contributed by atoms with Crippen molar-refractivity contribution in [3.63, 3.8) is 0 Å². The van der Waals surface area contributed by atoms with Gasteiger partial charge in [-0.25, -0.2) is 4.98 Å². The number of thiazole rings is 1. The van der Waals surface area contributed by atoms with E-state index >= 15 is 0 Å². The van der Waals surface area contributed by atoms with Gasteiger partial charge in [-0.3, -0.25) is 0 Å². The van der Waals surface area contributed by atoms with Crippen molar-refractivity contribution in [1.82, 2.24) is 4.98 Å². The monoisotopic (exact) mass is 263 g/mol. The second-order valence-electron chi connectivity index (χ2n) is 2.58. The van der Waals surface area contributed by atoms with Gasteiger partial charge in [-0.15, -0.1) is 11.3 Å². The highest BCUT2D eigenvalue weighted by Gasteiger charge is 2.09. The summed E-state index contributed by atoms with van der Waals surface area (Å²) in [4.78, 5) is 4.12. The summed E-state index contributed by atoms with van der Waals surface area (Å²) >= 11 is 19.1. The highest BCUT2D eigenvalue weighted by atomic mass is 35.5. The minimum atomic E-state index is 0.473. The van der Waals surface area contributed by atoms with Crippen LogP contribution >= 0.6 is 46.1 Å². The van der Waals surface area contributed by atoms with Gasteiger partial charge in [0.15, 0.2) is 0 Å². The third kappa shape index (κ3) is 1.89. The Kier molecular flexibility index (Phi) is 2.98. The van der Waals surface area contributed by atoms with Crippen LogP contribution in [-0.4, -0.2) is 4.98 Å². The Bertz CT molecular complexity index is 467. The first kappa shape index (κ1) is 10.2. The van der Waals surface area contributed by atoms with Crippen molar-refractivity contribution in [2.24, 2.45) is 0 Å². The van der Waals surface area contributed by atoms with Crippen molar-refractivity contribution in [1.29, 1.82) is 0 Å². The predicted molar refractivity (Wildman–Crippen MR) is 62.6 cm³/mol. The second kappa shape index (κ2) is 4.07.